The van der Waals surface area contributed by atoms with E-state index in [4.69, 9.17) is 21.1 Å². The Morgan fingerprint density at radius 2 is 1.64 bits per heavy atom. The smallest absolute Gasteiger partial charge is 0.387 e. The van der Waals surface area contributed by atoms with Crippen LogP contribution in [-0.4, -0.2) is 29.2 Å². The molecule has 1 N–H and O–H groups in total. The number of alkyl halides is 2. The zero-order valence-corrected chi connectivity index (χ0v) is 14.7. The number of nitrogens with one attached hydrogen (secondary N) is 1. The first kappa shape index (κ1) is 19.1. The van der Waals surface area contributed by atoms with Gasteiger partial charge in [-0.2, -0.15) is 8.78 Å². The summed E-state index contributed by atoms with van der Waals surface area (Å²) in [6.07, 6.45) is 0. The van der Waals surface area contributed by atoms with E-state index in [0.717, 1.165) is 18.2 Å². The molecule has 25 heavy (non-hydrogen) atoms. The molecule has 0 amide bonds. The van der Waals surface area contributed by atoms with Gasteiger partial charge in [-0.15, -0.1) is 0 Å². The van der Waals surface area contributed by atoms with Crippen LogP contribution >= 0.6 is 11.6 Å². The lowest BCUT2D eigenvalue weighted by Crippen LogP contribution is -2.13. The van der Waals surface area contributed by atoms with E-state index >= 15 is 0 Å². The molecule has 0 aliphatic heterocycles. The van der Waals surface area contributed by atoms with Crippen LogP contribution in [0.4, 0.5) is 14.5 Å². The summed E-state index contributed by atoms with van der Waals surface area (Å²) in [5, 5.41) is -0.258. The van der Waals surface area contributed by atoms with Crippen molar-refractivity contribution in [1.29, 1.82) is 0 Å². The van der Waals surface area contributed by atoms with Crippen molar-refractivity contribution in [1.82, 2.24) is 0 Å². The molecule has 0 saturated heterocycles. The SMILES string of the molecule is COc1cc(NS(=O)(=O)c2ccc(OC(F)F)c(Cl)c2)cc(OC)c1. The Morgan fingerprint density at radius 3 is 2.12 bits per heavy atom. The number of rotatable bonds is 7. The van der Waals surface area contributed by atoms with E-state index in [1.807, 2.05) is 0 Å². The van der Waals surface area contributed by atoms with E-state index in [9.17, 15) is 17.2 Å². The van der Waals surface area contributed by atoms with Crippen LogP contribution in [0.2, 0.25) is 5.02 Å². The van der Waals surface area contributed by atoms with Gasteiger partial charge in [0.1, 0.15) is 17.2 Å². The van der Waals surface area contributed by atoms with Gasteiger partial charge in [-0.3, -0.25) is 4.72 Å². The van der Waals surface area contributed by atoms with Gasteiger partial charge in [0.25, 0.3) is 10.0 Å². The number of hydrogen-bond donors (Lipinski definition) is 1. The second kappa shape index (κ2) is 7.75. The standard InChI is InChI=1S/C15H14ClF2NO5S/c1-22-10-5-9(6-11(7-10)23-2)19-25(20,21)12-3-4-14(13(16)8-12)24-15(17)18/h3-8,15,19H,1-2H3. The van der Waals surface area contributed by atoms with Crippen LogP contribution in [-0.2, 0) is 10.0 Å². The molecule has 0 aliphatic rings. The Morgan fingerprint density at radius 1 is 1.04 bits per heavy atom. The van der Waals surface area contributed by atoms with Crippen molar-refractivity contribution in [3.63, 3.8) is 0 Å². The molecule has 0 aromatic heterocycles. The highest BCUT2D eigenvalue weighted by Gasteiger charge is 2.18. The van der Waals surface area contributed by atoms with Crippen molar-refractivity contribution in [3.05, 3.63) is 41.4 Å². The average Bonchev–Trinajstić information content (AvgIpc) is 2.55. The van der Waals surface area contributed by atoms with Crippen molar-refractivity contribution >= 4 is 27.3 Å². The topological polar surface area (TPSA) is 73.9 Å². The molecule has 0 atom stereocenters. The third-order valence-corrected chi connectivity index (χ3v) is 4.71. The van der Waals surface area contributed by atoms with Gasteiger partial charge in [-0.25, -0.2) is 8.42 Å². The van der Waals surface area contributed by atoms with E-state index < -0.39 is 16.6 Å². The lowest BCUT2D eigenvalue weighted by Gasteiger charge is -2.12. The third-order valence-electron chi connectivity index (χ3n) is 3.03. The number of ether oxygens (including phenoxy) is 3. The van der Waals surface area contributed by atoms with Crippen LogP contribution in [0, 0.1) is 0 Å². The summed E-state index contributed by atoms with van der Waals surface area (Å²) in [5.74, 6) is 0.449. The van der Waals surface area contributed by atoms with E-state index in [-0.39, 0.29) is 21.4 Å². The Labute approximate surface area is 148 Å². The van der Waals surface area contributed by atoms with Gasteiger partial charge in [-0.1, -0.05) is 11.6 Å². The number of halogens is 3. The molecule has 0 heterocycles. The normalized spacial score (nSPS) is 11.3. The molecular formula is C15H14ClF2NO5S. The fourth-order valence-electron chi connectivity index (χ4n) is 1.92. The van der Waals surface area contributed by atoms with Gasteiger partial charge in [0.15, 0.2) is 0 Å². The predicted octanol–water partition coefficient (Wildman–Crippen LogP) is 3.76. The molecule has 0 fully saturated rings. The lowest BCUT2D eigenvalue weighted by atomic mass is 10.3. The molecule has 0 radical (unpaired) electrons. The highest BCUT2D eigenvalue weighted by molar-refractivity contribution is 7.92. The monoisotopic (exact) mass is 393 g/mol. The first-order chi connectivity index (χ1) is 11.7. The Kier molecular flexibility index (Phi) is 5.91. The predicted molar refractivity (Wildman–Crippen MR) is 88.4 cm³/mol. The molecule has 0 unspecified atom stereocenters. The van der Waals surface area contributed by atoms with Crippen molar-refractivity contribution < 1.29 is 31.4 Å². The molecule has 0 bridgehead atoms. The summed E-state index contributed by atoms with van der Waals surface area (Å²) in [7, 11) is -1.17. The van der Waals surface area contributed by atoms with Crippen LogP contribution in [0.15, 0.2) is 41.3 Å². The van der Waals surface area contributed by atoms with Gasteiger partial charge >= 0.3 is 6.61 Å². The van der Waals surface area contributed by atoms with Crippen LogP contribution in [0.5, 0.6) is 17.2 Å². The van der Waals surface area contributed by atoms with Crippen LogP contribution < -0.4 is 18.9 Å². The van der Waals surface area contributed by atoms with Gasteiger partial charge in [0, 0.05) is 18.2 Å². The molecule has 136 valence electrons. The molecule has 2 rings (SSSR count). The third kappa shape index (κ3) is 4.86. The van der Waals surface area contributed by atoms with E-state index in [0.29, 0.717) is 11.5 Å². The number of methoxy groups -OCH3 is 2. The molecule has 6 nitrogen and oxygen atoms in total. The summed E-state index contributed by atoms with van der Waals surface area (Å²) < 4.78 is 66.0. The number of sulfonamides is 1. The van der Waals surface area contributed by atoms with E-state index in [1.54, 1.807) is 6.07 Å². The summed E-state index contributed by atoms with van der Waals surface area (Å²) in [6, 6.07) is 7.65. The fraction of sp³-hybridized carbons (Fsp3) is 0.200. The minimum atomic E-state index is -4.02. The number of benzene rings is 2. The second-order valence-corrected chi connectivity index (χ2v) is 6.77. The highest BCUT2D eigenvalue weighted by Crippen LogP contribution is 2.31. The van der Waals surface area contributed by atoms with Gasteiger partial charge in [-0.05, 0) is 18.2 Å². The van der Waals surface area contributed by atoms with Crippen molar-refractivity contribution in [2.75, 3.05) is 18.9 Å². The summed E-state index contributed by atoms with van der Waals surface area (Å²) in [6.45, 7) is -3.07. The fourth-order valence-corrected chi connectivity index (χ4v) is 3.28. The van der Waals surface area contributed by atoms with Gasteiger partial charge < -0.3 is 14.2 Å². The Bertz CT molecular complexity index is 839. The minimum absolute atomic E-state index is 0.195. The molecule has 2 aromatic rings. The van der Waals surface area contributed by atoms with E-state index in [2.05, 4.69) is 9.46 Å². The number of anilines is 1. The summed E-state index contributed by atoms with van der Waals surface area (Å²) >= 11 is 5.79. The number of hydrogen-bond acceptors (Lipinski definition) is 5. The quantitative estimate of drug-likeness (QED) is 0.775. The van der Waals surface area contributed by atoms with Crippen molar-refractivity contribution in [3.8, 4) is 17.2 Å². The lowest BCUT2D eigenvalue weighted by molar-refractivity contribution is -0.0498. The molecule has 0 saturated carbocycles. The van der Waals surface area contributed by atoms with Crippen molar-refractivity contribution in [2.45, 2.75) is 11.5 Å². The largest absolute Gasteiger partial charge is 0.497 e. The molecule has 0 spiro atoms. The second-order valence-electron chi connectivity index (χ2n) is 4.68. The maximum Gasteiger partial charge on any atom is 0.387 e. The summed E-state index contributed by atoms with van der Waals surface area (Å²) in [5.41, 5.74) is 0.195. The first-order valence-corrected chi connectivity index (χ1v) is 8.61. The van der Waals surface area contributed by atoms with E-state index in [1.165, 1.54) is 26.4 Å². The Hall–Kier alpha value is -2.26. The zero-order chi connectivity index (χ0) is 18.6. The molecule has 10 heteroatoms. The molecule has 0 aliphatic carbocycles. The van der Waals surface area contributed by atoms with Crippen LogP contribution in [0.25, 0.3) is 0 Å². The minimum Gasteiger partial charge on any atom is -0.497 e. The maximum absolute atomic E-state index is 12.4. The zero-order valence-electron chi connectivity index (χ0n) is 13.1. The van der Waals surface area contributed by atoms with Crippen LogP contribution in [0.1, 0.15) is 0 Å². The molecule has 2 aromatic carbocycles. The highest BCUT2D eigenvalue weighted by atomic mass is 35.5. The molecular weight excluding hydrogens is 380 g/mol. The first-order valence-electron chi connectivity index (χ1n) is 6.75. The average molecular weight is 394 g/mol. The van der Waals surface area contributed by atoms with Crippen molar-refractivity contribution in [2.24, 2.45) is 0 Å². The summed E-state index contributed by atoms with van der Waals surface area (Å²) in [4.78, 5) is -0.221. The Balaban J connectivity index is 2.32. The van der Waals surface area contributed by atoms with Gasteiger partial charge in [0.05, 0.1) is 29.8 Å². The van der Waals surface area contributed by atoms with Gasteiger partial charge in [0.2, 0.25) is 0 Å². The van der Waals surface area contributed by atoms with Crippen LogP contribution in [0.3, 0.4) is 0 Å². The maximum atomic E-state index is 12.4.